The van der Waals surface area contributed by atoms with Crippen LogP contribution in [-0.2, 0) is 0 Å². The molecule has 0 fully saturated rings. The Balaban J connectivity index is 2.44. The first-order valence-corrected chi connectivity index (χ1v) is 8.75. The number of carboxylic acid groups (broad SMARTS) is 1. The van der Waals surface area contributed by atoms with E-state index in [-0.39, 0.29) is 0 Å². The van der Waals surface area contributed by atoms with Crippen molar-refractivity contribution >= 4 is 31.1 Å². The first-order chi connectivity index (χ1) is 7.79. The number of hydrogen-bond donors (Lipinski definition) is 1. The molecule has 1 N–H and O–H groups in total. The normalized spacial score (nSPS) is 10.3. The third-order valence-corrected chi connectivity index (χ3v) is 7.96. The molecule has 0 aliphatic rings. The van der Waals surface area contributed by atoms with Crippen LogP contribution >= 0.6 is 0 Å². The van der Waals surface area contributed by atoms with Gasteiger partial charge in [-0.25, -0.2) is 0 Å². The summed E-state index contributed by atoms with van der Waals surface area (Å²) in [5, 5.41) is 9.36. The minimum absolute atomic E-state index is 0.639. The van der Waals surface area contributed by atoms with Gasteiger partial charge in [0.1, 0.15) is 0 Å². The van der Waals surface area contributed by atoms with Crippen molar-refractivity contribution in [3.05, 3.63) is 60.7 Å². The van der Waals surface area contributed by atoms with Crippen LogP contribution in [-0.4, -0.2) is 29.2 Å². The van der Waals surface area contributed by atoms with Crippen LogP contribution in [0.5, 0.6) is 0 Å². The fourth-order valence-corrected chi connectivity index (χ4v) is 6.32. The Morgan fingerprint density at radius 3 is 1.50 bits per heavy atom. The maximum absolute atomic E-state index is 11.4. The van der Waals surface area contributed by atoms with E-state index in [9.17, 15) is 9.90 Å². The van der Waals surface area contributed by atoms with Crippen molar-refractivity contribution in [2.45, 2.75) is 0 Å². The summed E-state index contributed by atoms with van der Waals surface area (Å²) in [4.78, 5) is 11.4. The quantitative estimate of drug-likeness (QED) is 0.871. The van der Waals surface area contributed by atoms with Gasteiger partial charge in [0.15, 0.2) is 0 Å². The van der Waals surface area contributed by atoms with Crippen LogP contribution in [0.3, 0.4) is 0 Å². The van der Waals surface area contributed by atoms with Crippen molar-refractivity contribution in [1.29, 1.82) is 0 Å². The molecule has 0 saturated carbocycles. The Morgan fingerprint density at radius 2 is 1.19 bits per heavy atom. The van der Waals surface area contributed by atoms with Gasteiger partial charge in [-0.3, -0.25) is 0 Å². The van der Waals surface area contributed by atoms with Crippen molar-refractivity contribution in [2.24, 2.45) is 0 Å². The average Bonchev–Trinajstić information content (AvgIpc) is 2.31. The average molecular weight is 321 g/mol. The molecule has 0 radical (unpaired) electrons. The molecule has 2 aromatic rings. The predicted octanol–water partition coefficient (Wildman–Crippen LogP) is 1.56. The second-order valence-corrected chi connectivity index (χ2v) is 9.24. The monoisotopic (exact) mass is 320 g/mol. The van der Waals surface area contributed by atoms with Crippen molar-refractivity contribution in [1.82, 2.24) is 0 Å². The van der Waals surface area contributed by atoms with Crippen LogP contribution in [0, 0.1) is 0 Å². The van der Waals surface area contributed by atoms with Crippen LogP contribution in [0.1, 0.15) is 0 Å². The van der Waals surface area contributed by atoms with Crippen LogP contribution < -0.4 is 7.02 Å². The summed E-state index contributed by atoms with van der Waals surface area (Å²) < 4.78 is 1.34. The van der Waals surface area contributed by atoms with Gasteiger partial charge in [0, 0.05) is 0 Å². The first-order valence-electron chi connectivity index (χ1n) is 4.92. The fraction of sp³-hybridized carbons (Fsp3) is 0. The Bertz CT molecular complexity index is 428. The number of hydrogen-bond acceptors (Lipinski definition) is 1. The molecule has 80 valence electrons. The zero-order valence-electron chi connectivity index (χ0n) is 8.58. The second kappa shape index (κ2) is 5.18. The second-order valence-electron chi connectivity index (χ2n) is 3.29. The van der Waals surface area contributed by atoms with Gasteiger partial charge in [0.2, 0.25) is 0 Å². The minimum atomic E-state index is -2.60. The number of carbonyl (C=O) groups is 1. The maximum atomic E-state index is 11.4. The van der Waals surface area contributed by atoms with Gasteiger partial charge in [0.05, 0.1) is 0 Å². The molecule has 0 aromatic heterocycles. The Kier molecular flexibility index (Phi) is 3.63. The molecule has 2 rings (SSSR count). The molecule has 0 spiro atoms. The van der Waals surface area contributed by atoms with E-state index in [4.69, 9.17) is 0 Å². The van der Waals surface area contributed by atoms with E-state index in [0.29, 0.717) is 0 Å². The van der Waals surface area contributed by atoms with Gasteiger partial charge in [0.25, 0.3) is 0 Å². The van der Waals surface area contributed by atoms with Crippen LogP contribution in [0.25, 0.3) is 0 Å². The Labute approximate surface area is 102 Å². The molecule has 0 amide bonds. The van der Waals surface area contributed by atoms with Crippen LogP contribution in [0.15, 0.2) is 60.7 Å². The Hall–Kier alpha value is -1.27. The van der Waals surface area contributed by atoms with Gasteiger partial charge >= 0.3 is 102 Å². The summed E-state index contributed by atoms with van der Waals surface area (Å²) in [6, 6.07) is 19.1. The van der Waals surface area contributed by atoms with Gasteiger partial charge < -0.3 is 0 Å². The molecule has 0 heterocycles. The summed E-state index contributed by atoms with van der Waals surface area (Å²) in [6.45, 7) is 0. The molecule has 2 nitrogen and oxygen atoms in total. The zero-order chi connectivity index (χ0) is 11.4. The zero-order valence-corrected chi connectivity index (χ0v) is 11.1. The molecular weight excluding hydrogens is 310 g/mol. The van der Waals surface area contributed by atoms with E-state index < -0.39 is 24.1 Å². The van der Waals surface area contributed by atoms with E-state index in [1.165, 1.54) is 0 Å². The summed E-state index contributed by atoms with van der Waals surface area (Å²) in [6.07, 6.45) is 0. The summed E-state index contributed by atoms with van der Waals surface area (Å²) in [5.41, 5.74) is 0. The number of rotatable bonds is 3. The number of benzene rings is 2. The molecule has 0 saturated heterocycles. The van der Waals surface area contributed by atoms with E-state index in [1.54, 1.807) is 0 Å². The van der Waals surface area contributed by atoms with Crippen molar-refractivity contribution < 1.29 is 9.90 Å². The molecule has 0 atom stereocenters. The topological polar surface area (TPSA) is 37.3 Å². The van der Waals surface area contributed by atoms with Crippen molar-refractivity contribution in [3.8, 4) is 0 Å². The standard InChI is InChI=1S/2C6H5.CHO2.Sb/c2*1-2-4-6-5-3-1;2-1-3;/h2*1-5H;(H,2,3);. The third-order valence-electron chi connectivity index (χ3n) is 2.22. The molecule has 3 heteroatoms. The molecule has 0 aliphatic carbocycles. The van der Waals surface area contributed by atoms with Gasteiger partial charge in [-0.1, -0.05) is 0 Å². The predicted molar refractivity (Wildman–Crippen MR) is 65.9 cm³/mol. The van der Waals surface area contributed by atoms with Crippen LogP contribution in [0.2, 0.25) is 0 Å². The van der Waals surface area contributed by atoms with Gasteiger partial charge in [-0.15, -0.1) is 0 Å². The molecular formula is C13H11O2Sb. The van der Waals surface area contributed by atoms with Crippen molar-refractivity contribution in [3.63, 3.8) is 0 Å². The summed E-state index contributed by atoms with van der Waals surface area (Å²) in [5.74, 6) is 0. The molecule has 0 unspecified atom stereocenters. The van der Waals surface area contributed by atoms with Gasteiger partial charge in [-0.2, -0.15) is 0 Å². The van der Waals surface area contributed by atoms with E-state index in [0.717, 1.165) is 7.02 Å². The van der Waals surface area contributed by atoms with Gasteiger partial charge in [-0.05, 0) is 0 Å². The molecule has 0 aliphatic heterocycles. The van der Waals surface area contributed by atoms with E-state index >= 15 is 0 Å². The summed E-state index contributed by atoms with van der Waals surface area (Å²) >= 11 is -2.60. The van der Waals surface area contributed by atoms with E-state index in [1.807, 2.05) is 60.7 Å². The van der Waals surface area contributed by atoms with Crippen LogP contribution in [0.4, 0.5) is 4.79 Å². The molecule has 16 heavy (non-hydrogen) atoms. The third kappa shape index (κ3) is 2.45. The Morgan fingerprint density at radius 1 is 0.812 bits per heavy atom. The molecule has 2 aromatic carbocycles. The molecule has 0 bridgehead atoms. The fourth-order valence-electron chi connectivity index (χ4n) is 1.52. The summed E-state index contributed by atoms with van der Waals surface area (Å²) in [7, 11) is 0. The van der Waals surface area contributed by atoms with E-state index in [2.05, 4.69) is 0 Å². The first kappa shape index (κ1) is 11.2. The van der Waals surface area contributed by atoms with Crippen molar-refractivity contribution in [2.75, 3.05) is 0 Å². The SMILES string of the molecule is O=[C](O)[Sb]([c]1ccccc1)[c]1ccccc1.